The van der Waals surface area contributed by atoms with Crippen LogP contribution in [0.4, 0.5) is 5.69 Å². The molecular weight excluding hydrogens is 578 g/mol. The maximum Gasteiger partial charge on any atom is 0.251 e. The lowest BCUT2D eigenvalue weighted by Gasteiger charge is -2.41. The number of fused-ring (bicyclic) bond motifs is 1. The maximum absolute atomic E-state index is 13.4. The average molecular weight is 616 g/mol. The van der Waals surface area contributed by atoms with Crippen molar-refractivity contribution in [2.24, 2.45) is 0 Å². The summed E-state index contributed by atoms with van der Waals surface area (Å²) in [4.78, 5) is 24.7. The van der Waals surface area contributed by atoms with Crippen LogP contribution in [0.25, 0.3) is 11.4 Å². The molecule has 0 saturated carbocycles. The van der Waals surface area contributed by atoms with Crippen molar-refractivity contribution in [2.75, 3.05) is 43.6 Å². The minimum atomic E-state index is -3.00. The SMILES string of the molecule is CS(=O)(=O)CCCN1CCC(Nc2cccc(C(=O)N[C@H]3CCOc4ccccc43)c2)(c2nc(-c3ccncc3)n[nH]2)CC1. The molecule has 4 aromatic rings. The van der Waals surface area contributed by atoms with Crippen molar-refractivity contribution in [3.8, 4) is 17.1 Å². The first-order valence-corrected chi connectivity index (χ1v) is 17.0. The third-order valence-corrected chi connectivity index (χ3v) is 9.38. The van der Waals surface area contributed by atoms with Gasteiger partial charge >= 0.3 is 0 Å². The summed E-state index contributed by atoms with van der Waals surface area (Å²) in [6.07, 6.45) is 7.43. The number of carbonyl (C=O) groups is 1. The Morgan fingerprint density at radius 1 is 1.09 bits per heavy atom. The molecule has 230 valence electrons. The number of pyridine rings is 1. The quantitative estimate of drug-likeness (QED) is 0.242. The zero-order valence-corrected chi connectivity index (χ0v) is 25.5. The smallest absolute Gasteiger partial charge is 0.251 e. The number of ether oxygens (including phenoxy) is 1. The number of sulfone groups is 1. The zero-order valence-electron chi connectivity index (χ0n) is 24.7. The van der Waals surface area contributed by atoms with E-state index >= 15 is 0 Å². The number of aromatic amines is 1. The van der Waals surface area contributed by atoms with Crippen LogP contribution in [0, 0.1) is 0 Å². The Morgan fingerprint density at radius 3 is 2.68 bits per heavy atom. The minimum Gasteiger partial charge on any atom is -0.493 e. The third-order valence-electron chi connectivity index (χ3n) is 8.35. The van der Waals surface area contributed by atoms with E-state index in [-0.39, 0.29) is 17.7 Å². The number of piperidine rings is 1. The molecule has 0 spiro atoms. The predicted molar refractivity (Wildman–Crippen MR) is 168 cm³/mol. The Hall–Kier alpha value is -4.29. The van der Waals surface area contributed by atoms with Crippen molar-refractivity contribution in [1.29, 1.82) is 0 Å². The van der Waals surface area contributed by atoms with E-state index < -0.39 is 15.4 Å². The normalized spacial score (nSPS) is 18.2. The number of nitrogens with one attached hydrogen (secondary N) is 3. The molecule has 2 aromatic heterocycles. The van der Waals surface area contributed by atoms with Crippen LogP contribution in [0.2, 0.25) is 0 Å². The first-order valence-electron chi connectivity index (χ1n) is 14.9. The number of carbonyl (C=O) groups excluding carboxylic acids is 1. The molecule has 1 amide bonds. The standard InChI is InChI=1S/C32H37N7O4S/c1-44(41,42)21-5-17-39-18-13-32(14-19-39,31-35-29(37-38-31)23-10-15-33-16-11-23)36-25-7-4-6-24(22-25)30(40)34-27-12-20-43-28-9-3-2-8-26(27)28/h2-4,6-11,15-16,22,27,36H,5,12-14,17-21H2,1H3,(H,34,40)(H,35,37,38)/t27-/m0/s1. The lowest BCUT2D eigenvalue weighted by atomic mass is 9.86. The maximum atomic E-state index is 13.4. The van der Waals surface area contributed by atoms with Crippen LogP contribution in [-0.4, -0.2) is 77.6 Å². The van der Waals surface area contributed by atoms with Crippen LogP contribution in [0.3, 0.4) is 0 Å². The summed E-state index contributed by atoms with van der Waals surface area (Å²) in [5.74, 6) is 2.14. The second-order valence-corrected chi connectivity index (χ2v) is 13.8. The second-order valence-electron chi connectivity index (χ2n) is 11.6. The molecule has 12 heteroatoms. The molecule has 2 aromatic carbocycles. The summed E-state index contributed by atoms with van der Waals surface area (Å²) in [5.41, 5.74) is 2.64. The van der Waals surface area contributed by atoms with Crippen molar-refractivity contribution in [3.63, 3.8) is 0 Å². The molecule has 0 aliphatic carbocycles. The summed E-state index contributed by atoms with van der Waals surface area (Å²) in [6, 6.07) is 19.0. The van der Waals surface area contributed by atoms with Crippen LogP contribution in [-0.2, 0) is 15.4 Å². The largest absolute Gasteiger partial charge is 0.493 e. The fraction of sp³-hybridized carbons (Fsp3) is 0.375. The Morgan fingerprint density at radius 2 is 1.89 bits per heavy atom. The van der Waals surface area contributed by atoms with Gasteiger partial charge in [-0.2, -0.15) is 5.10 Å². The van der Waals surface area contributed by atoms with Crippen LogP contribution in [0.5, 0.6) is 5.75 Å². The number of amides is 1. The molecule has 1 fully saturated rings. The highest BCUT2D eigenvalue weighted by Crippen LogP contribution is 2.36. The number of nitrogens with zero attached hydrogens (tertiary/aromatic N) is 4. The molecule has 2 aliphatic heterocycles. The van der Waals surface area contributed by atoms with E-state index in [0.29, 0.717) is 56.0 Å². The fourth-order valence-corrected chi connectivity index (χ4v) is 6.64. The molecule has 11 nitrogen and oxygen atoms in total. The summed E-state index contributed by atoms with van der Waals surface area (Å²) in [7, 11) is -3.00. The lowest BCUT2D eigenvalue weighted by Crippen LogP contribution is -2.48. The Kier molecular flexibility index (Phi) is 8.62. The van der Waals surface area contributed by atoms with Gasteiger partial charge in [-0.3, -0.25) is 14.9 Å². The number of H-pyrrole nitrogens is 1. The number of anilines is 1. The van der Waals surface area contributed by atoms with Crippen LogP contribution < -0.4 is 15.4 Å². The summed E-state index contributed by atoms with van der Waals surface area (Å²) < 4.78 is 29.0. The van der Waals surface area contributed by atoms with E-state index in [0.717, 1.165) is 35.7 Å². The van der Waals surface area contributed by atoms with Crippen molar-refractivity contribution in [2.45, 2.75) is 37.3 Å². The predicted octanol–water partition coefficient (Wildman–Crippen LogP) is 3.96. The van der Waals surface area contributed by atoms with Crippen LogP contribution in [0.15, 0.2) is 73.1 Å². The minimum absolute atomic E-state index is 0.122. The molecule has 44 heavy (non-hydrogen) atoms. The van der Waals surface area contributed by atoms with Gasteiger partial charge in [-0.25, -0.2) is 13.4 Å². The molecule has 0 radical (unpaired) electrons. The van der Waals surface area contributed by atoms with E-state index in [1.165, 1.54) is 6.26 Å². The van der Waals surface area contributed by atoms with Gasteiger partial charge in [0.15, 0.2) is 11.6 Å². The molecule has 4 heterocycles. The number of likely N-dealkylation sites (tertiary alicyclic amines) is 1. The molecule has 1 saturated heterocycles. The number of hydrogen-bond acceptors (Lipinski definition) is 9. The Labute approximate surface area is 257 Å². The molecule has 6 rings (SSSR count). The monoisotopic (exact) mass is 615 g/mol. The van der Waals surface area contributed by atoms with E-state index in [2.05, 4.69) is 30.7 Å². The molecule has 2 aliphatic rings. The van der Waals surface area contributed by atoms with Gasteiger partial charge in [-0.15, -0.1) is 0 Å². The fourth-order valence-electron chi connectivity index (χ4n) is 5.98. The number of para-hydroxylation sites is 1. The molecule has 0 bridgehead atoms. The highest BCUT2D eigenvalue weighted by atomic mass is 32.2. The van der Waals surface area contributed by atoms with Gasteiger partial charge in [0.1, 0.15) is 15.6 Å². The first kappa shape index (κ1) is 29.8. The van der Waals surface area contributed by atoms with Crippen molar-refractivity contribution in [3.05, 3.63) is 90.0 Å². The van der Waals surface area contributed by atoms with Crippen LogP contribution in [0.1, 0.15) is 53.5 Å². The van der Waals surface area contributed by atoms with E-state index in [1.54, 1.807) is 12.4 Å². The van der Waals surface area contributed by atoms with Gasteiger partial charge in [0.25, 0.3) is 5.91 Å². The zero-order chi connectivity index (χ0) is 30.6. The van der Waals surface area contributed by atoms with Gasteiger partial charge in [0.2, 0.25) is 0 Å². The van der Waals surface area contributed by atoms with Gasteiger partial charge < -0.3 is 20.3 Å². The van der Waals surface area contributed by atoms with Gasteiger partial charge in [0, 0.05) is 60.5 Å². The summed E-state index contributed by atoms with van der Waals surface area (Å²) in [6.45, 7) is 2.78. The number of rotatable bonds is 10. The Bertz CT molecular complexity index is 1700. The van der Waals surface area contributed by atoms with Crippen molar-refractivity contribution < 1.29 is 17.9 Å². The highest BCUT2D eigenvalue weighted by Gasteiger charge is 2.39. The van der Waals surface area contributed by atoms with Crippen LogP contribution >= 0.6 is 0 Å². The van der Waals surface area contributed by atoms with Crippen molar-refractivity contribution >= 4 is 21.4 Å². The number of benzene rings is 2. The van der Waals surface area contributed by atoms with E-state index in [4.69, 9.17) is 9.72 Å². The molecular formula is C32H37N7O4S. The lowest BCUT2D eigenvalue weighted by molar-refractivity contribution is 0.0924. The summed E-state index contributed by atoms with van der Waals surface area (Å²) in [5, 5.41) is 14.6. The Balaban J connectivity index is 1.21. The molecule has 3 N–H and O–H groups in total. The number of aromatic nitrogens is 4. The highest BCUT2D eigenvalue weighted by molar-refractivity contribution is 7.90. The third kappa shape index (κ3) is 6.92. The van der Waals surface area contributed by atoms with E-state index in [9.17, 15) is 13.2 Å². The number of hydrogen-bond donors (Lipinski definition) is 3. The molecule has 1 atom stereocenters. The van der Waals surface area contributed by atoms with Gasteiger partial charge in [-0.1, -0.05) is 24.3 Å². The van der Waals surface area contributed by atoms with E-state index in [1.807, 2.05) is 60.7 Å². The topological polar surface area (TPSA) is 142 Å². The van der Waals surface area contributed by atoms with Crippen molar-refractivity contribution in [1.82, 2.24) is 30.4 Å². The summed E-state index contributed by atoms with van der Waals surface area (Å²) >= 11 is 0. The second kappa shape index (κ2) is 12.7. The van der Waals surface area contributed by atoms with Gasteiger partial charge in [0.05, 0.1) is 23.9 Å². The average Bonchev–Trinajstić information content (AvgIpc) is 3.54. The first-order chi connectivity index (χ1) is 21.3. The molecule has 0 unspecified atom stereocenters. The van der Waals surface area contributed by atoms with Gasteiger partial charge in [-0.05, 0) is 62.2 Å².